The van der Waals surface area contributed by atoms with Gasteiger partial charge >= 0.3 is 24.1 Å². The van der Waals surface area contributed by atoms with Crippen LogP contribution in [0.5, 0.6) is 0 Å². The van der Waals surface area contributed by atoms with Crippen LogP contribution in [0.15, 0.2) is 48.5 Å². The zero-order valence-corrected chi connectivity index (χ0v) is 22.4. The summed E-state index contributed by atoms with van der Waals surface area (Å²) in [4.78, 5) is 36.3. The fourth-order valence-electron chi connectivity index (χ4n) is 4.79. The van der Waals surface area contributed by atoms with E-state index >= 15 is 0 Å². The van der Waals surface area contributed by atoms with Gasteiger partial charge in [0.2, 0.25) is 0 Å². The van der Waals surface area contributed by atoms with Crippen molar-refractivity contribution in [2.24, 2.45) is 5.92 Å². The molecule has 0 amide bonds. The minimum absolute atomic E-state index is 0.0304. The van der Waals surface area contributed by atoms with Gasteiger partial charge in [0.25, 0.3) is 0 Å². The van der Waals surface area contributed by atoms with Crippen LogP contribution in [-0.4, -0.2) is 53.5 Å². The van der Waals surface area contributed by atoms with Crippen LogP contribution in [0.4, 0.5) is 13.2 Å². The molecular formula is C29H34F3NO6. The highest BCUT2D eigenvalue weighted by molar-refractivity contribution is 5.79. The lowest BCUT2D eigenvalue weighted by atomic mass is 9.95. The summed E-state index contributed by atoms with van der Waals surface area (Å²) >= 11 is 0. The highest BCUT2D eigenvalue weighted by Crippen LogP contribution is 2.44. The molecule has 0 bridgehead atoms. The molecule has 0 saturated heterocycles. The summed E-state index contributed by atoms with van der Waals surface area (Å²) in [6, 6.07) is 11.4. The molecule has 1 aliphatic rings. The number of nitrogens with one attached hydrogen (secondary N) is 1. The first-order chi connectivity index (χ1) is 18.2. The molecule has 7 nitrogen and oxygen atoms in total. The molecule has 2 aromatic carbocycles. The van der Waals surface area contributed by atoms with Crippen LogP contribution in [0, 0.1) is 5.92 Å². The number of carboxylic acid groups (broad SMARTS) is 1. The van der Waals surface area contributed by atoms with E-state index in [1.807, 2.05) is 48.5 Å². The summed E-state index contributed by atoms with van der Waals surface area (Å²) < 4.78 is 52.3. The van der Waals surface area contributed by atoms with Crippen molar-refractivity contribution in [1.29, 1.82) is 0 Å². The quantitative estimate of drug-likeness (QED) is 0.359. The number of aliphatic carboxylic acids is 1. The fraction of sp³-hybridized carbons (Fsp3) is 0.483. The number of carboxylic acids is 1. The minimum Gasteiger partial charge on any atom is -0.480 e. The van der Waals surface area contributed by atoms with Crippen LogP contribution in [0.3, 0.4) is 0 Å². The molecular weight excluding hydrogens is 515 g/mol. The first-order valence-corrected chi connectivity index (χ1v) is 12.8. The molecule has 0 radical (unpaired) electrons. The van der Waals surface area contributed by atoms with Gasteiger partial charge in [-0.25, -0.2) is 0 Å². The molecule has 2 N–H and O–H groups in total. The number of fused-ring (bicyclic) bond motifs is 3. The molecule has 1 unspecified atom stereocenters. The smallest absolute Gasteiger partial charge is 0.404 e. The Morgan fingerprint density at radius 3 is 1.97 bits per heavy atom. The van der Waals surface area contributed by atoms with Crippen molar-refractivity contribution in [3.8, 4) is 11.1 Å². The predicted molar refractivity (Wildman–Crippen MR) is 138 cm³/mol. The molecule has 0 aliphatic heterocycles. The highest BCUT2D eigenvalue weighted by atomic mass is 19.4. The number of halogens is 3. The van der Waals surface area contributed by atoms with Gasteiger partial charge in [-0.05, 0) is 55.4 Å². The van der Waals surface area contributed by atoms with E-state index in [1.165, 1.54) is 6.92 Å². The summed E-state index contributed by atoms with van der Waals surface area (Å²) in [6.45, 7) is 6.06. The third-order valence-electron chi connectivity index (χ3n) is 6.52. The Labute approximate surface area is 225 Å². The summed E-state index contributed by atoms with van der Waals surface area (Å²) in [5, 5.41) is 11.6. The monoisotopic (exact) mass is 549 g/mol. The molecule has 3 rings (SSSR count). The number of esters is 2. The van der Waals surface area contributed by atoms with Gasteiger partial charge < -0.3 is 14.6 Å². The zero-order chi connectivity index (χ0) is 29.0. The second-order valence-corrected chi connectivity index (χ2v) is 10.8. The average Bonchev–Trinajstić information content (AvgIpc) is 3.14. The molecule has 0 heterocycles. The van der Waals surface area contributed by atoms with E-state index < -0.39 is 60.5 Å². The molecule has 10 heteroatoms. The number of benzene rings is 2. The van der Waals surface area contributed by atoms with Crippen molar-refractivity contribution in [1.82, 2.24) is 5.32 Å². The SMILES string of the molecule is C[C@H](CC(=O)OCC1c2ccccc2-c2ccccc21)C(N[C@@H](CCC(=O)OC(C)(C)C)C(=O)O)C(F)(F)F. The van der Waals surface area contributed by atoms with Gasteiger partial charge in [0, 0.05) is 18.8 Å². The number of alkyl halides is 3. The molecule has 212 valence electrons. The first-order valence-electron chi connectivity index (χ1n) is 12.8. The van der Waals surface area contributed by atoms with Gasteiger partial charge in [-0.2, -0.15) is 13.2 Å². The van der Waals surface area contributed by atoms with Gasteiger partial charge in [-0.3, -0.25) is 19.7 Å². The molecule has 3 atom stereocenters. The molecule has 0 spiro atoms. The van der Waals surface area contributed by atoms with Crippen LogP contribution in [0.25, 0.3) is 11.1 Å². The summed E-state index contributed by atoms with van der Waals surface area (Å²) in [6.07, 6.45) is -6.21. The third-order valence-corrected chi connectivity index (χ3v) is 6.52. The van der Waals surface area contributed by atoms with Gasteiger partial charge in [-0.1, -0.05) is 55.5 Å². The largest absolute Gasteiger partial charge is 0.480 e. The average molecular weight is 550 g/mol. The molecule has 0 saturated carbocycles. The number of hydrogen-bond acceptors (Lipinski definition) is 6. The lowest BCUT2D eigenvalue weighted by Crippen LogP contribution is -2.54. The van der Waals surface area contributed by atoms with Gasteiger partial charge in [0.15, 0.2) is 0 Å². The Bertz CT molecular complexity index is 1140. The van der Waals surface area contributed by atoms with E-state index in [0.717, 1.165) is 22.3 Å². The number of carbonyl (C=O) groups is 3. The van der Waals surface area contributed by atoms with Crippen molar-refractivity contribution >= 4 is 17.9 Å². The van der Waals surface area contributed by atoms with Gasteiger partial charge in [-0.15, -0.1) is 0 Å². The summed E-state index contributed by atoms with van der Waals surface area (Å²) in [5.74, 6) is -4.64. The third kappa shape index (κ3) is 8.05. The van der Waals surface area contributed by atoms with E-state index in [1.54, 1.807) is 20.8 Å². The first kappa shape index (κ1) is 30.1. The normalized spacial score (nSPS) is 15.6. The van der Waals surface area contributed by atoms with E-state index in [9.17, 15) is 32.7 Å². The van der Waals surface area contributed by atoms with Crippen molar-refractivity contribution in [2.45, 2.75) is 76.7 Å². The fourth-order valence-corrected chi connectivity index (χ4v) is 4.79. The lowest BCUT2D eigenvalue weighted by Gasteiger charge is -2.30. The van der Waals surface area contributed by atoms with Crippen LogP contribution in [-0.2, 0) is 23.9 Å². The minimum atomic E-state index is -4.84. The lowest BCUT2D eigenvalue weighted by molar-refractivity contribution is -0.174. The van der Waals surface area contributed by atoms with Crippen molar-refractivity contribution in [3.05, 3.63) is 59.7 Å². The maximum absolute atomic E-state index is 13.9. The number of ether oxygens (including phenoxy) is 2. The summed E-state index contributed by atoms with van der Waals surface area (Å²) in [7, 11) is 0. The Kier molecular flexibility index (Phi) is 9.43. The standard InChI is InChI=1S/C29H34F3NO6/c1-17(26(29(30,31)32)33-23(27(36)37)13-14-24(34)39-28(2,3)4)15-25(35)38-16-22-20-11-7-5-9-18(20)19-10-6-8-12-21(19)22/h5-12,17,22-23,26,33H,13-16H2,1-4H3,(H,36,37)/t17-,23+,26?/m1/s1. The number of carbonyl (C=O) groups excluding carboxylic acids is 2. The van der Waals surface area contributed by atoms with E-state index in [0.29, 0.717) is 0 Å². The van der Waals surface area contributed by atoms with Crippen molar-refractivity contribution < 1.29 is 42.1 Å². The Morgan fingerprint density at radius 1 is 0.949 bits per heavy atom. The van der Waals surface area contributed by atoms with Crippen LogP contribution in [0.1, 0.15) is 64.0 Å². The van der Waals surface area contributed by atoms with Crippen molar-refractivity contribution in [3.63, 3.8) is 0 Å². The second kappa shape index (κ2) is 12.2. The van der Waals surface area contributed by atoms with E-state index in [-0.39, 0.29) is 18.9 Å². The molecule has 0 fully saturated rings. The molecule has 0 aromatic heterocycles. The number of rotatable bonds is 11. The van der Waals surface area contributed by atoms with E-state index in [4.69, 9.17) is 9.47 Å². The number of hydrogen-bond donors (Lipinski definition) is 2. The zero-order valence-electron chi connectivity index (χ0n) is 22.4. The maximum Gasteiger partial charge on any atom is 0.404 e. The van der Waals surface area contributed by atoms with Gasteiger partial charge in [0.1, 0.15) is 24.3 Å². The molecule has 1 aliphatic carbocycles. The predicted octanol–water partition coefficient (Wildman–Crippen LogP) is 5.46. The molecule has 39 heavy (non-hydrogen) atoms. The Morgan fingerprint density at radius 2 is 1.49 bits per heavy atom. The van der Waals surface area contributed by atoms with Crippen LogP contribution >= 0.6 is 0 Å². The maximum atomic E-state index is 13.9. The van der Waals surface area contributed by atoms with Crippen molar-refractivity contribution in [2.75, 3.05) is 6.61 Å². The highest BCUT2D eigenvalue weighted by Gasteiger charge is 2.45. The van der Waals surface area contributed by atoms with Crippen LogP contribution in [0.2, 0.25) is 0 Å². The second-order valence-electron chi connectivity index (χ2n) is 10.8. The molecule has 2 aromatic rings. The van der Waals surface area contributed by atoms with E-state index in [2.05, 4.69) is 5.32 Å². The van der Waals surface area contributed by atoms with Gasteiger partial charge in [0.05, 0.1) is 0 Å². The topological polar surface area (TPSA) is 102 Å². The summed E-state index contributed by atoms with van der Waals surface area (Å²) in [5.41, 5.74) is 3.19. The Hall–Kier alpha value is -3.40. The van der Waals surface area contributed by atoms with Crippen LogP contribution < -0.4 is 5.32 Å². The Balaban J connectivity index is 1.63.